The van der Waals surface area contributed by atoms with Crippen molar-refractivity contribution in [1.82, 2.24) is 25.3 Å². The van der Waals surface area contributed by atoms with Crippen molar-refractivity contribution in [2.75, 3.05) is 0 Å². The quantitative estimate of drug-likeness (QED) is 0.411. The first-order valence-electron chi connectivity index (χ1n) is 11.6. The lowest BCUT2D eigenvalue weighted by Gasteiger charge is -2.20. The highest BCUT2D eigenvalue weighted by molar-refractivity contribution is 5.95. The van der Waals surface area contributed by atoms with Crippen molar-refractivity contribution in [1.29, 1.82) is 0 Å². The molecule has 0 radical (unpaired) electrons. The second kappa shape index (κ2) is 8.86. The van der Waals surface area contributed by atoms with E-state index in [4.69, 9.17) is 0 Å². The van der Waals surface area contributed by atoms with Gasteiger partial charge in [0, 0.05) is 41.8 Å². The van der Waals surface area contributed by atoms with Gasteiger partial charge in [-0.25, -0.2) is 23.7 Å². The Morgan fingerprint density at radius 1 is 0.917 bits per heavy atom. The molecule has 0 aliphatic heterocycles. The van der Waals surface area contributed by atoms with Gasteiger partial charge in [0.2, 0.25) is 0 Å². The Hall–Kier alpha value is -3.50. The molecule has 0 spiro atoms. The first kappa shape index (κ1) is 24.2. The summed E-state index contributed by atoms with van der Waals surface area (Å²) in [7, 11) is 0. The number of benzene rings is 1. The summed E-state index contributed by atoms with van der Waals surface area (Å²) >= 11 is 0. The predicted molar refractivity (Wildman–Crippen MR) is 119 cm³/mol. The second-order valence-corrected chi connectivity index (χ2v) is 9.29. The maximum absolute atomic E-state index is 14.7. The minimum atomic E-state index is -4.89. The molecule has 2 aliphatic carbocycles. The fraction of sp³-hybridized carbons (Fsp3) is 0.400. The fourth-order valence-electron chi connectivity index (χ4n) is 4.07. The zero-order valence-electron chi connectivity index (χ0n) is 19.2. The number of alkyl halides is 5. The number of aromatic nitrogens is 4. The Labute approximate surface area is 203 Å². The molecule has 2 saturated carbocycles. The monoisotopic (exact) mass is 503 g/mol. The largest absolute Gasteiger partial charge is 0.416 e. The molecular weight excluding hydrogens is 481 g/mol. The third kappa shape index (κ3) is 4.91. The summed E-state index contributed by atoms with van der Waals surface area (Å²) in [6, 6.07) is 0.996. The molecule has 1 amide bonds. The summed E-state index contributed by atoms with van der Waals surface area (Å²) in [4.78, 5) is 30.2. The van der Waals surface area contributed by atoms with E-state index >= 15 is 0 Å². The lowest BCUT2D eigenvalue weighted by Crippen LogP contribution is -2.29. The molecule has 2 heterocycles. The number of rotatable bonds is 7. The summed E-state index contributed by atoms with van der Waals surface area (Å²) in [6.45, 7) is 1.57. The number of hydrogen-bond acceptors (Lipinski definition) is 5. The zero-order valence-corrected chi connectivity index (χ0v) is 19.2. The van der Waals surface area contributed by atoms with Crippen LogP contribution in [-0.2, 0) is 12.1 Å². The molecule has 36 heavy (non-hydrogen) atoms. The minimum Gasteiger partial charge on any atom is -0.344 e. The fourth-order valence-corrected chi connectivity index (χ4v) is 4.07. The molecule has 188 valence electrons. The zero-order chi connectivity index (χ0) is 25.7. The smallest absolute Gasteiger partial charge is 0.344 e. The molecule has 11 heteroatoms. The lowest BCUT2D eigenvalue weighted by molar-refractivity contribution is -0.137. The Bertz CT molecular complexity index is 1290. The van der Waals surface area contributed by atoms with Crippen LogP contribution in [0.15, 0.2) is 43.0 Å². The van der Waals surface area contributed by atoms with Gasteiger partial charge < -0.3 is 5.32 Å². The molecule has 5 rings (SSSR count). The average Bonchev–Trinajstić information content (AvgIpc) is 3.76. The lowest BCUT2D eigenvalue weighted by atomic mass is 9.97. The molecule has 1 unspecified atom stereocenters. The van der Waals surface area contributed by atoms with E-state index in [1.165, 1.54) is 12.4 Å². The van der Waals surface area contributed by atoms with E-state index in [0.717, 1.165) is 24.5 Å². The van der Waals surface area contributed by atoms with Gasteiger partial charge in [0.25, 0.3) is 11.8 Å². The van der Waals surface area contributed by atoms with Crippen molar-refractivity contribution in [3.8, 4) is 11.5 Å². The number of nitrogens with zero attached hydrogens (tertiary/aromatic N) is 4. The summed E-state index contributed by atoms with van der Waals surface area (Å²) in [5, 5.41) is 2.56. The van der Waals surface area contributed by atoms with Gasteiger partial charge >= 0.3 is 6.18 Å². The van der Waals surface area contributed by atoms with Crippen molar-refractivity contribution in [2.24, 2.45) is 5.92 Å². The maximum Gasteiger partial charge on any atom is 0.416 e. The van der Waals surface area contributed by atoms with Gasteiger partial charge in [-0.1, -0.05) is 0 Å². The molecule has 6 nitrogen and oxygen atoms in total. The average molecular weight is 503 g/mol. The number of hydrogen-bond donors (Lipinski definition) is 1. The summed E-state index contributed by atoms with van der Waals surface area (Å²) < 4.78 is 69.7. The van der Waals surface area contributed by atoms with Crippen LogP contribution in [0.2, 0.25) is 0 Å². The van der Waals surface area contributed by atoms with Gasteiger partial charge in [0.15, 0.2) is 5.82 Å². The van der Waals surface area contributed by atoms with E-state index in [1.54, 1.807) is 19.3 Å². The van der Waals surface area contributed by atoms with Crippen molar-refractivity contribution in [2.45, 2.75) is 56.7 Å². The number of halogens is 5. The van der Waals surface area contributed by atoms with Crippen molar-refractivity contribution >= 4 is 5.91 Å². The number of amides is 1. The molecule has 1 N–H and O–H groups in total. The molecule has 2 aromatic heterocycles. The number of nitrogens with one attached hydrogen (secondary N) is 1. The highest BCUT2D eigenvalue weighted by Crippen LogP contribution is 2.50. The molecule has 2 fully saturated rings. The topological polar surface area (TPSA) is 80.7 Å². The highest BCUT2D eigenvalue weighted by atomic mass is 19.4. The van der Waals surface area contributed by atoms with Crippen LogP contribution in [0.25, 0.3) is 11.5 Å². The summed E-state index contributed by atoms with van der Waals surface area (Å²) in [5.41, 5.74) is -1.01. The van der Waals surface area contributed by atoms with Gasteiger partial charge in [-0.2, -0.15) is 13.2 Å². The van der Waals surface area contributed by atoms with Gasteiger partial charge in [-0.3, -0.25) is 9.78 Å². The SMILES string of the molecule is CC(NC(=O)c1cc(C(F)(F)F)cc(C(F)(F)C2CC2)c1)c1nccnc1-c1ncc(C2CC2)cn1. The highest BCUT2D eigenvalue weighted by Gasteiger charge is 2.49. The van der Waals surface area contributed by atoms with Crippen LogP contribution in [0.4, 0.5) is 22.0 Å². The molecular formula is C25H22F5N5O. The Morgan fingerprint density at radius 2 is 1.56 bits per heavy atom. The van der Waals surface area contributed by atoms with Crippen LogP contribution in [-0.4, -0.2) is 25.8 Å². The molecule has 0 saturated heterocycles. The van der Waals surface area contributed by atoms with E-state index in [0.29, 0.717) is 29.4 Å². The van der Waals surface area contributed by atoms with E-state index in [9.17, 15) is 26.7 Å². The Morgan fingerprint density at radius 3 is 2.17 bits per heavy atom. The van der Waals surface area contributed by atoms with Gasteiger partial charge in [-0.05, 0) is 62.3 Å². The number of carbonyl (C=O) groups excluding carboxylic acids is 1. The van der Waals surface area contributed by atoms with Gasteiger partial charge in [0.05, 0.1) is 17.3 Å². The standard InChI is InChI=1S/C25H22F5N5O/c1-13(20-21(32-7-6-31-20)22-33-11-16(12-34-22)14-2-3-14)35-23(36)15-8-18(24(26,27)17-4-5-17)10-19(9-15)25(28,29)30/h6-14,17H,2-5H2,1H3,(H,35,36). The van der Waals surface area contributed by atoms with Crippen molar-refractivity contribution < 1.29 is 26.7 Å². The van der Waals surface area contributed by atoms with Crippen LogP contribution in [0, 0.1) is 5.92 Å². The van der Waals surface area contributed by atoms with Crippen molar-refractivity contribution in [3.05, 3.63) is 70.9 Å². The molecule has 0 bridgehead atoms. The summed E-state index contributed by atoms with van der Waals surface area (Å²) in [6.07, 6.45) is 4.00. The van der Waals surface area contributed by atoms with Crippen LogP contribution < -0.4 is 5.32 Å². The third-order valence-corrected chi connectivity index (χ3v) is 6.41. The van der Waals surface area contributed by atoms with Crippen LogP contribution in [0.5, 0.6) is 0 Å². The van der Waals surface area contributed by atoms with Crippen molar-refractivity contribution in [3.63, 3.8) is 0 Å². The normalized spacial score (nSPS) is 17.1. The van der Waals surface area contributed by atoms with Gasteiger partial charge in [-0.15, -0.1) is 0 Å². The first-order chi connectivity index (χ1) is 17.0. The molecule has 1 aromatic carbocycles. The van der Waals surface area contributed by atoms with E-state index in [-0.39, 0.29) is 18.7 Å². The van der Waals surface area contributed by atoms with E-state index in [1.807, 2.05) is 0 Å². The van der Waals surface area contributed by atoms with Crippen LogP contribution in [0.1, 0.15) is 77.3 Å². The summed E-state index contributed by atoms with van der Waals surface area (Å²) in [5.74, 6) is -4.67. The Balaban J connectivity index is 1.42. The third-order valence-electron chi connectivity index (χ3n) is 6.41. The van der Waals surface area contributed by atoms with E-state index < -0.39 is 46.7 Å². The maximum atomic E-state index is 14.7. The van der Waals surface area contributed by atoms with E-state index in [2.05, 4.69) is 25.3 Å². The van der Waals surface area contributed by atoms with Crippen LogP contribution >= 0.6 is 0 Å². The minimum absolute atomic E-state index is 0.223. The number of carbonyl (C=O) groups is 1. The Kier molecular flexibility index (Phi) is 5.96. The first-order valence-corrected chi connectivity index (χ1v) is 11.6. The van der Waals surface area contributed by atoms with Crippen LogP contribution in [0.3, 0.4) is 0 Å². The van der Waals surface area contributed by atoms with Gasteiger partial charge in [0.1, 0.15) is 5.69 Å². The predicted octanol–water partition coefficient (Wildman–Crippen LogP) is 5.82. The molecule has 1 atom stereocenters. The second-order valence-electron chi connectivity index (χ2n) is 9.29. The molecule has 3 aromatic rings. The molecule has 2 aliphatic rings.